The molecule has 100 valence electrons. The van der Waals surface area contributed by atoms with Crippen molar-refractivity contribution in [2.45, 2.75) is 20.4 Å². The fourth-order valence-corrected chi connectivity index (χ4v) is 1.96. The van der Waals surface area contributed by atoms with E-state index in [0.717, 1.165) is 22.6 Å². The zero-order chi connectivity index (χ0) is 13.8. The van der Waals surface area contributed by atoms with Crippen LogP contribution in [-0.2, 0) is 6.54 Å². The molecule has 3 nitrogen and oxygen atoms in total. The van der Waals surface area contributed by atoms with Gasteiger partial charge in [-0.2, -0.15) is 0 Å². The summed E-state index contributed by atoms with van der Waals surface area (Å²) in [5.41, 5.74) is 4.07. The lowest BCUT2D eigenvalue weighted by Crippen LogP contribution is -2.02. The van der Waals surface area contributed by atoms with Crippen LogP contribution in [0.5, 0.6) is 11.5 Å². The summed E-state index contributed by atoms with van der Waals surface area (Å²) < 4.78 is 5.34. The van der Waals surface area contributed by atoms with E-state index in [4.69, 9.17) is 4.74 Å². The van der Waals surface area contributed by atoms with Crippen LogP contribution in [0.1, 0.15) is 16.7 Å². The van der Waals surface area contributed by atoms with Gasteiger partial charge in [0.2, 0.25) is 0 Å². The molecule has 0 radical (unpaired) electrons. The van der Waals surface area contributed by atoms with Gasteiger partial charge in [0.1, 0.15) is 11.5 Å². The minimum atomic E-state index is 0.307. The maximum atomic E-state index is 9.68. The number of aryl methyl sites for hydroxylation is 2. The van der Waals surface area contributed by atoms with E-state index in [-0.39, 0.29) is 0 Å². The summed E-state index contributed by atoms with van der Waals surface area (Å²) >= 11 is 0. The van der Waals surface area contributed by atoms with Crippen LogP contribution in [0.3, 0.4) is 0 Å². The molecule has 0 aliphatic rings. The van der Waals surface area contributed by atoms with Gasteiger partial charge in [-0.15, -0.1) is 0 Å². The third kappa shape index (κ3) is 3.19. The van der Waals surface area contributed by atoms with Gasteiger partial charge in [0, 0.05) is 23.9 Å². The van der Waals surface area contributed by atoms with Crippen LogP contribution in [0.4, 0.5) is 5.69 Å². The highest BCUT2D eigenvalue weighted by atomic mass is 16.5. The number of rotatable bonds is 4. The van der Waals surface area contributed by atoms with E-state index in [0.29, 0.717) is 12.3 Å². The molecule has 0 aliphatic carbocycles. The van der Waals surface area contributed by atoms with E-state index in [1.165, 1.54) is 5.56 Å². The zero-order valence-electron chi connectivity index (χ0n) is 11.5. The van der Waals surface area contributed by atoms with Crippen molar-refractivity contribution < 1.29 is 9.84 Å². The average molecular weight is 257 g/mol. The highest BCUT2D eigenvalue weighted by molar-refractivity contribution is 5.52. The molecule has 0 fully saturated rings. The Labute approximate surface area is 113 Å². The van der Waals surface area contributed by atoms with E-state index in [1.54, 1.807) is 13.2 Å². The third-order valence-electron chi connectivity index (χ3n) is 3.13. The van der Waals surface area contributed by atoms with E-state index in [9.17, 15) is 5.11 Å². The van der Waals surface area contributed by atoms with Crippen molar-refractivity contribution >= 4 is 5.69 Å². The predicted molar refractivity (Wildman–Crippen MR) is 77.9 cm³/mol. The number of aromatic hydroxyl groups is 1. The number of phenolic OH excluding ortho intramolecular Hbond substituents is 1. The van der Waals surface area contributed by atoms with E-state index >= 15 is 0 Å². The maximum Gasteiger partial charge on any atom is 0.123 e. The molecule has 0 atom stereocenters. The Kier molecular flexibility index (Phi) is 3.95. The fraction of sp³-hybridized carbons (Fsp3) is 0.250. The molecule has 3 heteroatoms. The van der Waals surface area contributed by atoms with Gasteiger partial charge in [0.05, 0.1) is 7.11 Å². The monoisotopic (exact) mass is 257 g/mol. The number of nitrogens with one attached hydrogen (secondary N) is 1. The lowest BCUT2D eigenvalue weighted by Gasteiger charge is -2.12. The van der Waals surface area contributed by atoms with Crippen molar-refractivity contribution in [3.8, 4) is 11.5 Å². The number of ether oxygens (including phenoxy) is 1. The third-order valence-corrected chi connectivity index (χ3v) is 3.13. The first-order valence-electron chi connectivity index (χ1n) is 6.27. The van der Waals surface area contributed by atoms with Gasteiger partial charge in [-0.1, -0.05) is 23.8 Å². The van der Waals surface area contributed by atoms with Crippen LogP contribution in [0.15, 0.2) is 36.4 Å². The normalized spacial score (nSPS) is 10.3. The molecule has 2 N–H and O–H groups in total. The highest BCUT2D eigenvalue weighted by Gasteiger charge is 2.04. The Bertz CT molecular complexity index is 579. The molecule has 2 rings (SSSR count). The van der Waals surface area contributed by atoms with Crippen molar-refractivity contribution in [1.29, 1.82) is 0 Å². The molecule has 0 saturated heterocycles. The van der Waals surface area contributed by atoms with Crippen LogP contribution in [0.25, 0.3) is 0 Å². The highest BCUT2D eigenvalue weighted by Crippen LogP contribution is 2.24. The predicted octanol–water partition coefficient (Wildman–Crippen LogP) is 3.63. The first-order valence-corrected chi connectivity index (χ1v) is 6.27. The standard InChI is InChI=1S/C16H19NO2/c1-11-4-7-16(19-3)13(8-11)10-17-14-6-5-12(2)15(18)9-14/h4-9,17-18H,10H2,1-3H3. The Morgan fingerprint density at radius 1 is 1.11 bits per heavy atom. The summed E-state index contributed by atoms with van der Waals surface area (Å²) in [6.07, 6.45) is 0. The Balaban J connectivity index is 2.13. The summed E-state index contributed by atoms with van der Waals surface area (Å²) in [6.45, 7) is 4.59. The quantitative estimate of drug-likeness (QED) is 0.878. The topological polar surface area (TPSA) is 41.5 Å². The van der Waals surface area contributed by atoms with E-state index in [2.05, 4.69) is 18.3 Å². The second-order valence-corrected chi connectivity index (χ2v) is 4.67. The average Bonchev–Trinajstić information content (AvgIpc) is 2.40. The first kappa shape index (κ1) is 13.3. The van der Waals surface area contributed by atoms with Gasteiger partial charge >= 0.3 is 0 Å². The molecule has 2 aromatic rings. The number of hydrogen-bond donors (Lipinski definition) is 2. The molecule has 0 saturated carbocycles. The molecule has 0 spiro atoms. The van der Waals surface area contributed by atoms with Crippen LogP contribution >= 0.6 is 0 Å². The fourth-order valence-electron chi connectivity index (χ4n) is 1.96. The van der Waals surface area contributed by atoms with Gasteiger partial charge in [-0.25, -0.2) is 0 Å². The second kappa shape index (κ2) is 5.65. The molecule has 0 unspecified atom stereocenters. The smallest absolute Gasteiger partial charge is 0.123 e. The van der Waals surface area contributed by atoms with Crippen molar-refractivity contribution in [2.75, 3.05) is 12.4 Å². The first-order chi connectivity index (χ1) is 9.10. The number of benzene rings is 2. The summed E-state index contributed by atoms with van der Waals surface area (Å²) in [6, 6.07) is 11.7. The minimum Gasteiger partial charge on any atom is -0.508 e. The summed E-state index contributed by atoms with van der Waals surface area (Å²) in [4.78, 5) is 0. The summed E-state index contributed by atoms with van der Waals surface area (Å²) in [7, 11) is 1.67. The van der Waals surface area contributed by atoms with Crippen molar-refractivity contribution in [3.63, 3.8) is 0 Å². The number of hydrogen-bond acceptors (Lipinski definition) is 3. The van der Waals surface area contributed by atoms with Crippen LogP contribution in [0, 0.1) is 13.8 Å². The van der Waals surface area contributed by atoms with E-state index in [1.807, 2.05) is 31.2 Å². The molecule has 0 aromatic heterocycles. The van der Waals surface area contributed by atoms with Crippen molar-refractivity contribution in [1.82, 2.24) is 0 Å². The zero-order valence-corrected chi connectivity index (χ0v) is 11.5. The van der Waals surface area contributed by atoms with Crippen molar-refractivity contribution in [3.05, 3.63) is 53.1 Å². The van der Waals surface area contributed by atoms with Gasteiger partial charge in [-0.05, 0) is 31.5 Å². The van der Waals surface area contributed by atoms with Gasteiger partial charge < -0.3 is 15.2 Å². The SMILES string of the molecule is COc1ccc(C)cc1CNc1ccc(C)c(O)c1. The van der Waals surface area contributed by atoms with Gasteiger partial charge in [0.25, 0.3) is 0 Å². The summed E-state index contributed by atoms with van der Waals surface area (Å²) in [5, 5.41) is 13.0. The van der Waals surface area contributed by atoms with E-state index < -0.39 is 0 Å². The van der Waals surface area contributed by atoms with Gasteiger partial charge in [-0.3, -0.25) is 0 Å². The number of methoxy groups -OCH3 is 1. The number of phenols is 1. The number of anilines is 1. The molecule has 0 aliphatic heterocycles. The molecule has 0 bridgehead atoms. The Morgan fingerprint density at radius 2 is 1.89 bits per heavy atom. The minimum absolute atomic E-state index is 0.307. The molecule has 0 amide bonds. The molecule has 19 heavy (non-hydrogen) atoms. The van der Waals surface area contributed by atoms with Gasteiger partial charge in [0.15, 0.2) is 0 Å². The largest absolute Gasteiger partial charge is 0.508 e. The lowest BCUT2D eigenvalue weighted by atomic mass is 10.1. The molecular formula is C16H19NO2. The van der Waals surface area contributed by atoms with Crippen LogP contribution in [-0.4, -0.2) is 12.2 Å². The second-order valence-electron chi connectivity index (χ2n) is 4.67. The van der Waals surface area contributed by atoms with Crippen LogP contribution < -0.4 is 10.1 Å². The Morgan fingerprint density at radius 3 is 2.58 bits per heavy atom. The van der Waals surface area contributed by atoms with Crippen LogP contribution in [0.2, 0.25) is 0 Å². The molecule has 2 aromatic carbocycles. The molecule has 0 heterocycles. The Hall–Kier alpha value is -2.16. The lowest BCUT2D eigenvalue weighted by molar-refractivity contribution is 0.410. The van der Waals surface area contributed by atoms with Crippen molar-refractivity contribution in [2.24, 2.45) is 0 Å². The molecular weight excluding hydrogens is 238 g/mol. The summed E-state index contributed by atoms with van der Waals surface area (Å²) in [5.74, 6) is 1.18. The maximum absolute atomic E-state index is 9.68.